The number of non-ortho nitro benzene ring substituents is 1. The van der Waals surface area contributed by atoms with Crippen LogP contribution in [-0.4, -0.2) is 79.6 Å². The van der Waals surface area contributed by atoms with Crippen LogP contribution in [0.3, 0.4) is 0 Å². The number of allylic oxidation sites excluding steroid dienone is 2. The van der Waals surface area contributed by atoms with Gasteiger partial charge in [0.2, 0.25) is 5.91 Å². The predicted octanol–water partition coefficient (Wildman–Crippen LogP) is 3.18. The summed E-state index contributed by atoms with van der Waals surface area (Å²) in [5.74, 6) is -4.16. The molecule has 1 aliphatic heterocycles. The summed E-state index contributed by atoms with van der Waals surface area (Å²) in [6.45, 7) is 5.02. The Kier molecular flexibility index (Phi) is 13.1. The number of dihydropyridines is 1. The lowest BCUT2D eigenvalue weighted by Crippen LogP contribution is -2.38. The molecule has 2 aromatic carbocycles. The summed E-state index contributed by atoms with van der Waals surface area (Å²) < 4.78 is 57.6. The van der Waals surface area contributed by atoms with Crippen LogP contribution in [-0.2, 0) is 30.3 Å². The first-order valence-electron chi connectivity index (χ1n) is 14.8. The number of carbonyl (C=O) groups is 3. The van der Waals surface area contributed by atoms with Crippen LogP contribution < -0.4 is 20.7 Å². The van der Waals surface area contributed by atoms with Crippen LogP contribution >= 0.6 is 0 Å². The monoisotopic (exact) mass is 678 g/mol. The van der Waals surface area contributed by atoms with Crippen molar-refractivity contribution in [2.45, 2.75) is 51.4 Å². The minimum atomic E-state index is -5.08. The van der Waals surface area contributed by atoms with Gasteiger partial charge in [0.15, 0.2) is 0 Å². The predicted molar refractivity (Wildman–Crippen MR) is 166 cm³/mol. The molecule has 0 saturated heterocycles. The molecule has 16 heteroatoms. The van der Waals surface area contributed by atoms with Gasteiger partial charge in [-0.25, -0.2) is 9.59 Å². The number of halogens is 3. The molecular formula is C32H37F3N4O9. The average Bonchev–Trinajstić information content (AvgIpc) is 3.04. The molecule has 260 valence electrons. The summed E-state index contributed by atoms with van der Waals surface area (Å²) in [4.78, 5) is 49.1. The number of amides is 1. The number of alkyl halides is 3. The van der Waals surface area contributed by atoms with E-state index >= 15 is 0 Å². The van der Waals surface area contributed by atoms with Crippen molar-refractivity contribution in [2.24, 2.45) is 0 Å². The first-order chi connectivity index (χ1) is 22.6. The molecule has 0 radical (unpaired) electrons. The van der Waals surface area contributed by atoms with Crippen molar-refractivity contribution in [1.29, 1.82) is 0 Å². The third kappa shape index (κ3) is 10.3. The van der Waals surface area contributed by atoms with Crippen LogP contribution in [0.1, 0.15) is 37.8 Å². The molecule has 0 fully saturated rings. The Morgan fingerprint density at radius 2 is 1.77 bits per heavy atom. The van der Waals surface area contributed by atoms with Crippen LogP contribution in [0, 0.1) is 10.1 Å². The van der Waals surface area contributed by atoms with Gasteiger partial charge in [0.1, 0.15) is 30.8 Å². The fourth-order valence-corrected chi connectivity index (χ4v) is 4.79. The highest BCUT2D eigenvalue weighted by atomic mass is 19.4. The molecule has 0 aromatic heterocycles. The van der Waals surface area contributed by atoms with Crippen molar-refractivity contribution in [3.63, 3.8) is 0 Å². The summed E-state index contributed by atoms with van der Waals surface area (Å²) in [6.07, 6.45) is -5.80. The number of benzene rings is 2. The third-order valence-electron chi connectivity index (χ3n) is 7.04. The van der Waals surface area contributed by atoms with Gasteiger partial charge in [0, 0.05) is 30.4 Å². The van der Waals surface area contributed by atoms with Gasteiger partial charge in [0.05, 0.1) is 42.1 Å². The number of nitrogens with zero attached hydrogens (tertiary/aromatic N) is 1. The molecular weight excluding hydrogens is 641 g/mol. The van der Waals surface area contributed by atoms with Gasteiger partial charge in [0.25, 0.3) is 5.69 Å². The molecule has 0 bridgehead atoms. The molecule has 1 aliphatic rings. The molecule has 1 heterocycles. The standard InChI is InChI=1S/C32H37F3N4O9/c1-18(2)37-16-23(40)17-48-24-10-8-20(9-11-24)14-25(41)36-12-13-47-31(43)26-19(3)38-29(32(33,34)35)28(30(42)46-4)27(26)21-6-5-7-22(15-21)39(44)45/h5-11,15,18,23,27,37-38,40H,12-14,16-17H2,1-4H3,(H,36,41). The van der Waals surface area contributed by atoms with E-state index in [0.717, 1.165) is 19.2 Å². The number of esters is 2. The number of nitrogens with one attached hydrogen (secondary N) is 3. The molecule has 3 rings (SSSR count). The maximum Gasteiger partial charge on any atom is 0.431 e. The number of aliphatic hydroxyl groups excluding tert-OH is 1. The number of nitro benzene ring substituents is 1. The number of hydrogen-bond acceptors (Lipinski definition) is 11. The van der Waals surface area contributed by atoms with E-state index in [-0.39, 0.29) is 43.5 Å². The van der Waals surface area contributed by atoms with E-state index in [1.165, 1.54) is 19.1 Å². The molecule has 13 nitrogen and oxygen atoms in total. The zero-order valence-corrected chi connectivity index (χ0v) is 26.7. The Bertz CT molecular complexity index is 1560. The van der Waals surface area contributed by atoms with Crippen LogP contribution in [0.25, 0.3) is 0 Å². The van der Waals surface area contributed by atoms with Crippen molar-refractivity contribution < 1.29 is 51.8 Å². The number of nitro groups is 1. The van der Waals surface area contributed by atoms with Crippen LogP contribution in [0.15, 0.2) is 71.1 Å². The highest BCUT2D eigenvalue weighted by Crippen LogP contribution is 2.43. The Balaban J connectivity index is 1.66. The van der Waals surface area contributed by atoms with Crippen molar-refractivity contribution in [3.8, 4) is 5.75 Å². The van der Waals surface area contributed by atoms with E-state index in [1.807, 2.05) is 13.8 Å². The molecule has 1 amide bonds. The number of carbonyl (C=O) groups excluding carboxylic acids is 3. The van der Waals surface area contributed by atoms with Crippen LogP contribution in [0.2, 0.25) is 0 Å². The first-order valence-corrected chi connectivity index (χ1v) is 14.8. The Hall–Kier alpha value is -4.96. The summed E-state index contributed by atoms with van der Waals surface area (Å²) >= 11 is 0. The molecule has 0 aliphatic carbocycles. The maximum atomic E-state index is 14.1. The topological polar surface area (TPSA) is 178 Å². The van der Waals surface area contributed by atoms with Crippen molar-refractivity contribution in [3.05, 3.63) is 92.3 Å². The normalized spacial score (nSPS) is 15.5. The molecule has 48 heavy (non-hydrogen) atoms. The fourth-order valence-electron chi connectivity index (χ4n) is 4.79. The van der Waals surface area contributed by atoms with Crippen LogP contribution in [0.4, 0.5) is 18.9 Å². The second-order valence-electron chi connectivity index (χ2n) is 11.1. The Morgan fingerprint density at radius 1 is 1.08 bits per heavy atom. The van der Waals surface area contributed by atoms with Gasteiger partial charge < -0.3 is 35.3 Å². The van der Waals surface area contributed by atoms with Gasteiger partial charge in [-0.05, 0) is 30.2 Å². The van der Waals surface area contributed by atoms with E-state index < -0.39 is 63.5 Å². The highest BCUT2D eigenvalue weighted by molar-refractivity contribution is 6.00. The molecule has 2 atom stereocenters. The quantitative estimate of drug-likeness (QED) is 0.0941. The molecule has 2 unspecified atom stereocenters. The largest absolute Gasteiger partial charge is 0.491 e. The van der Waals surface area contributed by atoms with E-state index in [0.29, 0.717) is 17.9 Å². The summed E-state index contributed by atoms with van der Waals surface area (Å²) in [5.41, 5.74) is -3.14. The number of ether oxygens (including phenoxy) is 3. The lowest BCUT2D eigenvalue weighted by atomic mass is 9.80. The smallest absolute Gasteiger partial charge is 0.431 e. The first kappa shape index (κ1) is 37.5. The molecule has 4 N–H and O–H groups in total. The minimum Gasteiger partial charge on any atom is -0.491 e. The second-order valence-corrected chi connectivity index (χ2v) is 11.1. The molecule has 0 saturated carbocycles. The molecule has 0 spiro atoms. The lowest BCUT2D eigenvalue weighted by Gasteiger charge is -2.31. The van der Waals surface area contributed by atoms with E-state index in [9.17, 15) is 42.8 Å². The third-order valence-corrected chi connectivity index (χ3v) is 7.04. The maximum absolute atomic E-state index is 14.1. The SMILES string of the molecule is COC(=O)C1=C(C(F)(F)F)NC(C)=C(C(=O)OCCNC(=O)Cc2ccc(OCC(O)CNC(C)C)cc2)C1c1cccc([N+](=O)[O-])c1. The highest BCUT2D eigenvalue weighted by Gasteiger charge is 2.47. The lowest BCUT2D eigenvalue weighted by molar-refractivity contribution is -0.384. The Morgan fingerprint density at radius 3 is 2.38 bits per heavy atom. The van der Waals surface area contributed by atoms with Gasteiger partial charge in [-0.3, -0.25) is 14.9 Å². The molecule has 2 aromatic rings. The second kappa shape index (κ2) is 16.7. The zero-order chi connectivity index (χ0) is 35.6. The summed E-state index contributed by atoms with van der Waals surface area (Å²) in [5, 5.41) is 29.1. The summed E-state index contributed by atoms with van der Waals surface area (Å²) in [7, 11) is 0.862. The number of aliphatic hydroxyl groups is 1. The average molecular weight is 679 g/mol. The van der Waals surface area contributed by atoms with Crippen molar-refractivity contribution >= 4 is 23.5 Å². The van der Waals surface area contributed by atoms with E-state index in [2.05, 4.69) is 20.7 Å². The fraction of sp³-hybridized carbons (Fsp3) is 0.406. The van der Waals surface area contributed by atoms with Crippen molar-refractivity contribution in [2.75, 3.05) is 33.4 Å². The van der Waals surface area contributed by atoms with Gasteiger partial charge >= 0.3 is 18.1 Å². The van der Waals surface area contributed by atoms with Crippen LogP contribution in [0.5, 0.6) is 5.75 Å². The minimum absolute atomic E-state index is 0.0221. The van der Waals surface area contributed by atoms with Crippen molar-refractivity contribution in [1.82, 2.24) is 16.0 Å². The Labute approximate surface area is 274 Å². The zero-order valence-electron chi connectivity index (χ0n) is 26.7. The number of methoxy groups -OCH3 is 1. The van der Waals surface area contributed by atoms with Gasteiger partial charge in [-0.2, -0.15) is 13.2 Å². The van der Waals surface area contributed by atoms with E-state index in [4.69, 9.17) is 9.47 Å². The number of hydrogen-bond donors (Lipinski definition) is 4. The van der Waals surface area contributed by atoms with E-state index in [1.54, 1.807) is 24.3 Å². The van der Waals surface area contributed by atoms with Gasteiger partial charge in [-0.15, -0.1) is 0 Å². The number of rotatable bonds is 15. The summed E-state index contributed by atoms with van der Waals surface area (Å²) in [6, 6.07) is 11.4. The van der Waals surface area contributed by atoms with Gasteiger partial charge in [-0.1, -0.05) is 38.1 Å².